The van der Waals surface area contributed by atoms with Gasteiger partial charge in [-0.25, -0.2) is 0 Å². The number of hydrogen-bond acceptors (Lipinski definition) is 4. The summed E-state index contributed by atoms with van der Waals surface area (Å²) in [5.41, 5.74) is 1.12. The summed E-state index contributed by atoms with van der Waals surface area (Å²) >= 11 is 0. The maximum Gasteiger partial charge on any atom is 0.253 e. The Kier molecular flexibility index (Phi) is 5.15. The van der Waals surface area contributed by atoms with Crippen LogP contribution < -0.4 is 5.32 Å². The minimum absolute atomic E-state index is 0.0329. The molecule has 0 saturated carbocycles. The van der Waals surface area contributed by atoms with Crippen molar-refractivity contribution in [2.24, 2.45) is 0 Å². The van der Waals surface area contributed by atoms with Gasteiger partial charge in [0.2, 0.25) is 0 Å². The standard InChI is InChI=1S/C16H17N3O2/c1-12(19-16(21)14-5-3-9-18-11-14)6-7-15(20)13-4-2-8-17-10-13/h2-5,8-12H,6-7H2,1H3,(H,19,21). The molecule has 1 N–H and O–H groups in total. The average molecular weight is 283 g/mol. The third-order valence-corrected chi connectivity index (χ3v) is 3.09. The van der Waals surface area contributed by atoms with Crippen LogP contribution in [0.2, 0.25) is 0 Å². The van der Waals surface area contributed by atoms with E-state index in [1.807, 2.05) is 6.92 Å². The minimum Gasteiger partial charge on any atom is -0.350 e. The van der Waals surface area contributed by atoms with E-state index < -0.39 is 0 Å². The van der Waals surface area contributed by atoms with Crippen molar-refractivity contribution in [1.29, 1.82) is 0 Å². The van der Waals surface area contributed by atoms with Gasteiger partial charge >= 0.3 is 0 Å². The van der Waals surface area contributed by atoms with E-state index in [1.54, 1.807) is 42.9 Å². The first kappa shape index (κ1) is 14.8. The Labute approximate surface area is 123 Å². The van der Waals surface area contributed by atoms with E-state index in [1.165, 1.54) is 6.20 Å². The Morgan fingerprint density at radius 3 is 2.29 bits per heavy atom. The maximum atomic E-state index is 11.9. The number of ketones is 1. The van der Waals surface area contributed by atoms with Crippen LogP contribution in [0.1, 0.15) is 40.5 Å². The van der Waals surface area contributed by atoms with Gasteiger partial charge in [0, 0.05) is 42.8 Å². The molecule has 0 fully saturated rings. The Morgan fingerprint density at radius 1 is 1.10 bits per heavy atom. The Bertz CT molecular complexity index is 599. The number of nitrogens with one attached hydrogen (secondary N) is 1. The lowest BCUT2D eigenvalue weighted by Gasteiger charge is -2.13. The summed E-state index contributed by atoms with van der Waals surface area (Å²) in [4.78, 5) is 31.7. The molecular weight excluding hydrogens is 266 g/mol. The predicted octanol–water partition coefficient (Wildman–Crippen LogP) is 2.26. The van der Waals surface area contributed by atoms with Crippen LogP contribution in [0, 0.1) is 0 Å². The van der Waals surface area contributed by atoms with E-state index in [0.717, 1.165) is 0 Å². The van der Waals surface area contributed by atoms with E-state index in [4.69, 9.17) is 0 Å². The lowest BCUT2D eigenvalue weighted by molar-refractivity contribution is 0.0920. The van der Waals surface area contributed by atoms with E-state index in [-0.39, 0.29) is 17.7 Å². The van der Waals surface area contributed by atoms with Crippen molar-refractivity contribution in [3.8, 4) is 0 Å². The number of hydrogen-bond donors (Lipinski definition) is 1. The molecule has 1 unspecified atom stereocenters. The molecule has 0 radical (unpaired) electrons. The smallest absolute Gasteiger partial charge is 0.253 e. The summed E-state index contributed by atoms with van der Waals surface area (Å²) in [7, 11) is 0. The molecular formula is C16H17N3O2. The molecule has 0 aromatic carbocycles. The fourth-order valence-electron chi connectivity index (χ4n) is 1.90. The number of nitrogens with zero attached hydrogens (tertiary/aromatic N) is 2. The van der Waals surface area contributed by atoms with Crippen LogP contribution >= 0.6 is 0 Å². The van der Waals surface area contributed by atoms with Gasteiger partial charge in [-0.3, -0.25) is 19.6 Å². The first-order valence-electron chi connectivity index (χ1n) is 6.81. The normalized spacial score (nSPS) is 11.7. The van der Waals surface area contributed by atoms with Crippen molar-refractivity contribution in [3.63, 3.8) is 0 Å². The van der Waals surface area contributed by atoms with E-state index in [2.05, 4.69) is 15.3 Å². The zero-order valence-corrected chi connectivity index (χ0v) is 11.8. The zero-order valence-electron chi connectivity index (χ0n) is 11.8. The number of carbonyl (C=O) groups excluding carboxylic acids is 2. The van der Waals surface area contributed by atoms with Crippen molar-refractivity contribution in [1.82, 2.24) is 15.3 Å². The lowest BCUT2D eigenvalue weighted by Crippen LogP contribution is -2.33. The molecule has 21 heavy (non-hydrogen) atoms. The second-order valence-corrected chi connectivity index (χ2v) is 4.82. The molecule has 108 valence electrons. The fraction of sp³-hybridized carbons (Fsp3) is 0.250. The molecule has 2 rings (SSSR count). The van der Waals surface area contributed by atoms with Gasteiger partial charge < -0.3 is 5.32 Å². The van der Waals surface area contributed by atoms with Crippen molar-refractivity contribution in [2.45, 2.75) is 25.8 Å². The highest BCUT2D eigenvalue weighted by Crippen LogP contribution is 2.06. The molecule has 2 heterocycles. The molecule has 0 aliphatic rings. The van der Waals surface area contributed by atoms with Crippen LogP contribution in [0.5, 0.6) is 0 Å². The highest BCUT2D eigenvalue weighted by atomic mass is 16.1. The van der Waals surface area contributed by atoms with Gasteiger partial charge in [0.25, 0.3) is 5.91 Å². The molecule has 2 aromatic heterocycles. The number of pyridine rings is 2. The summed E-state index contributed by atoms with van der Waals surface area (Å²) in [6.45, 7) is 1.88. The Morgan fingerprint density at radius 2 is 1.71 bits per heavy atom. The molecule has 5 heteroatoms. The summed E-state index contributed by atoms with van der Waals surface area (Å²) in [6, 6.07) is 6.81. The van der Waals surface area contributed by atoms with Gasteiger partial charge in [-0.1, -0.05) is 0 Å². The van der Waals surface area contributed by atoms with Crippen LogP contribution in [0.3, 0.4) is 0 Å². The second kappa shape index (κ2) is 7.28. The summed E-state index contributed by atoms with van der Waals surface area (Å²) in [6.07, 6.45) is 7.28. The average Bonchev–Trinajstić information content (AvgIpc) is 2.54. The largest absolute Gasteiger partial charge is 0.350 e. The molecule has 0 aliphatic carbocycles. The molecule has 0 bridgehead atoms. The first-order valence-corrected chi connectivity index (χ1v) is 6.81. The summed E-state index contributed by atoms with van der Waals surface area (Å²) in [5, 5.41) is 2.86. The van der Waals surface area contributed by atoms with Gasteiger partial charge in [0.1, 0.15) is 0 Å². The second-order valence-electron chi connectivity index (χ2n) is 4.82. The molecule has 1 atom stereocenters. The highest BCUT2D eigenvalue weighted by molar-refractivity contribution is 5.96. The van der Waals surface area contributed by atoms with Crippen LogP contribution in [0.15, 0.2) is 49.1 Å². The third kappa shape index (κ3) is 4.49. The zero-order chi connectivity index (χ0) is 15.1. The molecule has 0 aliphatic heterocycles. The van der Waals surface area contributed by atoms with Crippen LogP contribution in [-0.4, -0.2) is 27.7 Å². The van der Waals surface area contributed by atoms with Crippen molar-refractivity contribution in [3.05, 3.63) is 60.2 Å². The van der Waals surface area contributed by atoms with Crippen molar-refractivity contribution >= 4 is 11.7 Å². The molecule has 5 nitrogen and oxygen atoms in total. The van der Waals surface area contributed by atoms with Crippen molar-refractivity contribution < 1.29 is 9.59 Å². The Balaban J connectivity index is 1.81. The predicted molar refractivity (Wildman–Crippen MR) is 79.0 cm³/mol. The lowest BCUT2D eigenvalue weighted by atomic mass is 10.1. The van der Waals surface area contributed by atoms with E-state index in [9.17, 15) is 9.59 Å². The first-order chi connectivity index (χ1) is 10.2. The van der Waals surface area contributed by atoms with Crippen LogP contribution in [-0.2, 0) is 0 Å². The number of aromatic nitrogens is 2. The van der Waals surface area contributed by atoms with E-state index in [0.29, 0.717) is 24.0 Å². The van der Waals surface area contributed by atoms with Gasteiger partial charge in [-0.15, -0.1) is 0 Å². The monoisotopic (exact) mass is 283 g/mol. The number of carbonyl (C=O) groups is 2. The van der Waals surface area contributed by atoms with Crippen molar-refractivity contribution in [2.75, 3.05) is 0 Å². The molecule has 2 aromatic rings. The maximum absolute atomic E-state index is 11.9. The summed E-state index contributed by atoms with van der Waals surface area (Å²) in [5.74, 6) is -0.144. The molecule has 0 saturated heterocycles. The fourth-order valence-corrected chi connectivity index (χ4v) is 1.90. The third-order valence-electron chi connectivity index (χ3n) is 3.09. The number of rotatable bonds is 6. The SMILES string of the molecule is CC(CCC(=O)c1cccnc1)NC(=O)c1cccnc1. The summed E-state index contributed by atoms with van der Waals surface area (Å²) < 4.78 is 0. The quantitative estimate of drug-likeness (QED) is 0.825. The highest BCUT2D eigenvalue weighted by Gasteiger charge is 2.12. The topological polar surface area (TPSA) is 72.0 Å². The van der Waals surface area contributed by atoms with Gasteiger partial charge in [-0.2, -0.15) is 0 Å². The Hall–Kier alpha value is -2.56. The molecule has 1 amide bonds. The number of amides is 1. The van der Waals surface area contributed by atoms with Crippen LogP contribution in [0.4, 0.5) is 0 Å². The van der Waals surface area contributed by atoms with Gasteiger partial charge in [-0.05, 0) is 37.6 Å². The number of Topliss-reactive ketones (excluding diaryl/α,β-unsaturated/α-hetero) is 1. The van der Waals surface area contributed by atoms with E-state index >= 15 is 0 Å². The van der Waals surface area contributed by atoms with Crippen LogP contribution in [0.25, 0.3) is 0 Å². The molecule has 0 spiro atoms. The minimum atomic E-state index is -0.176. The van der Waals surface area contributed by atoms with Gasteiger partial charge in [0.05, 0.1) is 5.56 Å². The van der Waals surface area contributed by atoms with Gasteiger partial charge in [0.15, 0.2) is 5.78 Å².